The van der Waals surface area contributed by atoms with E-state index in [9.17, 15) is 9.90 Å². The molecule has 0 spiro atoms. The van der Waals surface area contributed by atoms with Gasteiger partial charge in [0.05, 0.1) is 5.97 Å². The fraction of sp³-hybridized carbons (Fsp3) is 0.800. The Kier molecular flexibility index (Phi) is 4.00. The number of nitrogens with two attached hydrogens (primary N) is 2. The van der Waals surface area contributed by atoms with Gasteiger partial charge < -0.3 is 21.4 Å². The highest BCUT2D eigenvalue weighted by atomic mass is 16.4. The highest BCUT2D eigenvalue weighted by Gasteiger charge is 1.99. The summed E-state index contributed by atoms with van der Waals surface area (Å²) in [6.45, 7) is 0.473. The van der Waals surface area contributed by atoms with Crippen LogP contribution in [0.3, 0.4) is 0 Å². The van der Waals surface area contributed by atoms with Gasteiger partial charge in [-0.05, 0) is 19.4 Å². The van der Waals surface area contributed by atoms with Gasteiger partial charge >= 0.3 is 0 Å². The molecular formula is C5H11N2O2-. The molecule has 0 radical (unpaired) electrons. The second-order valence-electron chi connectivity index (χ2n) is 1.86. The molecule has 0 aliphatic heterocycles. The first kappa shape index (κ1) is 8.39. The zero-order valence-corrected chi connectivity index (χ0v) is 5.17. The standard InChI is InChI=1S/C5H12N2O2/c6-3-1-2-4(7)5(8)9/h4H,1-3,6-7H2,(H,8,9)/p-1. The number of carbonyl (C=O) groups excluding carboxylic acids is 1. The monoisotopic (exact) mass is 131 g/mol. The molecule has 0 aliphatic carbocycles. The molecule has 0 aromatic carbocycles. The maximum absolute atomic E-state index is 9.93. The molecule has 0 aliphatic rings. The van der Waals surface area contributed by atoms with E-state index in [4.69, 9.17) is 11.5 Å². The largest absolute Gasteiger partial charge is 0.548 e. The fourth-order valence-electron chi connectivity index (χ4n) is 0.456. The minimum absolute atomic E-state index is 0.402. The van der Waals surface area contributed by atoms with Crippen molar-refractivity contribution in [3.05, 3.63) is 0 Å². The van der Waals surface area contributed by atoms with Crippen molar-refractivity contribution in [3.63, 3.8) is 0 Å². The molecular weight excluding hydrogens is 120 g/mol. The van der Waals surface area contributed by atoms with Gasteiger partial charge in [-0.25, -0.2) is 0 Å². The Morgan fingerprint density at radius 1 is 1.67 bits per heavy atom. The number of hydrogen-bond donors (Lipinski definition) is 2. The third-order valence-corrected chi connectivity index (χ3v) is 1.02. The Balaban J connectivity index is 3.27. The molecule has 0 amide bonds. The topological polar surface area (TPSA) is 92.2 Å². The summed E-state index contributed by atoms with van der Waals surface area (Å²) >= 11 is 0. The van der Waals surface area contributed by atoms with Crippen LogP contribution >= 0.6 is 0 Å². The molecule has 4 nitrogen and oxygen atoms in total. The Bertz CT molecular complexity index is 95.0. The Hall–Kier alpha value is -0.610. The predicted octanol–water partition coefficient (Wildman–Crippen LogP) is -2.20. The van der Waals surface area contributed by atoms with Crippen LogP contribution in [0.1, 0.15) is 12.8 Å². The first-order valence-corrected chi connectivity index (χ1v) is 2.85. The molecule has 0 fully saturated rings. The van der Waals surface area contributed by atoms with Gasteiger partial charge in [0.15, 0.2) is 0 Å². The summed E-state index contributed by atoms with van der Waals surface area (Å²) in [6, 6.07) is -0.853. The molecule has 0 heterocycles. The molecule has 0 bridgehead atoms. The molecule has 4 N–H and O–H groups in total. The van der Waals surface area contributed by atoms with Gasteiger partial charge in [-0.15, -0.1) is 0 Å². The SMILES string of the molecule is NCCCC(N)C(=O)[O-]. The van der Waals surface area contributed by atoms with Crippen molar-refractivity contribution >= 4 is 5.97 Å². The quantitative estimate of drug-likeness (QED) is 0.453. The lowest BCUT2D eigenvalue weighted by molar-refractivity contribution is -0.307. The Labute approximate surface area is 53.8 Å². The second-order valence-corrected chi connectivity index (χ2v) is 1.86. The lowest BCUT2D eigenvalue weighted by Crippen LogP contribution is -2.41. The highest BCUT2D eigenvalue weighted by molar-refractivity contribution is 5.70. The van der Waals surface area contributed by atoms with Gasteiger partial charge in [0, 0.05) is 6.04 Å². The summed E-state index contributed by atoms with van der Waals surface area (Å²) in [7, 11) is 0. The minimum atomic E-state index is -1.21. The second kappa shape index (κ2) is 4.29. The van der Waals surface area contributed by atoms with Crippen LogP contribution < -0.4 is 16.6 Å². The van der Waals surface area contributed by atoms with Crippen molar-refractivity contribution in [3.8, 4) is 0 Å². The van der Waals surface area contributed by atoms with Crippen LogP contribution in [0.15, 0.2) is 0 Å². The Morgan fingerprint density at radius 3 is 2.56 bits per heavy atom. The van der Waals surface area contributed by atoms with E-state index in [1.807, 2.05) is 0 Å². The van der Waals surface area contributed by atoms with Crippen molar-refractivity contribution in [2.24, 2.45) is 11.5 Å². The molecule has 0 aromatic rings. The van der Waals surface area contributed by atoms with Gasteiger partial charge in [-0.2, -0.15) is 0 Å². The lowest BCUT2D eigenvalue weighted by atomic mass is 10.2. The van der Waals surface area contributed by atoms with Crippen molar-refractivity contribution in [1.82, 2.24) is 0 Å². The smallest absolute Gasteiger partial charge is 0.0582 e. The summed E-state index contributed by atoms with van der Waals surface area (Å²) in [4.78, 5) is 9.93. The van der Waals surface area contributed by atoms with Crippen molar-refractivity contribution in [2.75, 3.05) is 6.54 Å². The van der Waals surface area contributed by atoms with Crippen molar-refractivity contribution in [2.45, 2.75) is 18.9 Å². The number of rotatable bonds is 4. The van der Waals surface area contributed by atoms with Gasteiger partial charge in [-0.3, -0.25) is 0 Å². The van der Waals surface area contributed by atoms with E-state index in [1.54, 1.807) is 0 Å². The average Bonchev–Trinajstić information content (AvgIpc) is 1.82. The molecule has 1 unspecified atom stereocenters. The van der Waals surface area contributed by atoms with Crippen LogP contribution in [0.4, 0.5) is 0 Å². The van der Waals surface area contributed by atoms with E-state index in [0.717, 1.165) is 0 Å². The number of carboxylic acid groups (broad SMARTS) is 1. The zero-order chi connectivity index (χ0) is 7.28. The molecule has 0 aromatic heterocycles. The summed E-state index contributed by atoms with van der Waals surface area (Å²) in [5, 5.41) is 9.93. The van der Waals surface area contributed by atoms with Crippen LogP contribution in [0, 0.1) is 0 Å². The molecule has 54 valence electrons. The average molecular weight is 131 g/mol. The van der Waals surface area contributed by atoms with E-state index >= 15 is 0 Å². The van der Waals surface area contributed by atoms with E-state index in [2.05, 4.69) is 0 Å². The Morgan fingerprint density at radius 2 is 2.22 bits per heavy atom. The number of hydrogen-bond acceptors (Lipinski definition) is 4. The van der Waals surface area contributed by atoms with E-state index in [0.29, 0.717) is 19.4 Å². The summed E-state index contributed by atoms with van der Waals surface area (Å²) < 4.78 is 0. The lowest BCUT2D eigenvalue weighted by Gasteiger charge is -2.10. The number of aliphatic carboxylic acids is 1. The van der Waals surface area contributed by atoms with Crippen LogP contribution in [-0.2, 0) is 4.79 Å². The number of carboxylic acids is 1. The predicted molar refractivity (Wildman–Crippen MR) is 31.3 cm³/mol. The van der Waals surface area contributed by atoms with Gasteiger partial charge in [0.25, 0.3) is 0 Å². The van der Waals surface area contributed by atoms with Crippen LogP contribution in [0.5, 0.6) is 0 Å². The van der Waals surface area contributed by atoms with Gasteiger partial charge in [-0.1, -0.05) is 0 Å². The van der Waals surface area contributed by atoms with E-state index < -0.39 is 12.0 Å². The van der Waals surface area contributed by atoms with Gasteiger partial charge in [0.1, 0.15) is 0 Å². The first-order valence-electron chi connectivity index (χ1n) is 2.85. The molecule has 9 heavy (non-hydrogen) atoms. The summed E-state index contributed by atoms with van der Waals surface area (Å²) in [5.41, 5.74) is 10.2. The number of carbonyl (C=O) groups is 1. The molecule has 0 saturated carbocycles. The van der Waals surface area contributed by atoms with E-state index in [-0.39, 0.29) is 0 Å². The van der Waals surface area contributed by atoms with Crippen LogP contribution in [-0.4, -0.2) is 18.6 Å². The van der Waals surface area contributed by atoms with Crippen LogP contribution in [0.25, 0.3) is 0 Å². The third kappa shape index (κ3) is 3.93. The first-order chi connectivity index (χ1) is 4.18. The molecule has 4 heteroatoms. The maximum Gasteiger partial charge on any atom is 0.0582 e. The maximum atomic E-state index is 9.93. The summed E-state index contributed by atoms with van der Waals surface area (Å²) in [5.74, 6) is -1.21. The molecule has 1 atom stereocenters. The van der Waals surface area contributed by atoms with Crippen LogP contribution in [0.2, 0.25) is 0 Å². The van der Waals surface area contributed by atoms with Crippen molar-refractivity contribution in [1.29, 1.82) is 0 Å². The van der Waals surface area contributed by atoms with Gasteiger partial charge in [0.2, 0.25) is 0 Å². The molecule has 0 rings (SSSR count). The molecule has 0 saturated heterocycles. The zero-order valence-electron chi connectivity index (χ0n) is 5.17. The normalized spacial score (nSPS) is 13.1. The third-order valence-electron chi connectivity index (χ3n) is 1.02. The summed E-state index contributed by atoms with van der Waals surface area (Å²) in [6.07, 6.45) is 1.04. The fourth-order valence-corrected chi connectivity index (χ4v) is 0.456. The van der Waals surface area contributed by atoms with E-state index in [1.165, 1.54) is 0 Å². The minimum Gasteiger partial charge on any atom is -0.548 e. The highest BCUT2D eigenvalue weighted by Crippen LogP contribution is 1.89. The van der Waals surface area contributed by atoms with Crippen molar-refractivity contribution < 1.29 is 9.90 Å².